The van der Waals surface area contributed by atoms with Crippen molar-refractivity contribution in [3.63, 3.8) is 0 Å². The molecule has 0 radical (unpaired) electrons. The predicted molar refractivity (Wildman–Crippen MR) is 177 cm³/mol. The molecule has 1 aromatic carbocycles. The Bertz CT molecular complexity index is 897. The minimum absolute atomic E-state index is 0.192. The Balaban J connectivity index is 1.73. The number of benzene rings is 1. The van der Waals surface area contributed by atoms with Crippen molar-refractivity contribution in [2.75, 3.05) is 118 Å². The third-order valence-corrected chi connectivity index (χ3v) is 6.70. The normalized spacial score (nSPS) is 11.3. The van der Waals surface area contributed by atoms with E-state index < -0.39 is 9.85 Å². The van der Waals surface area contributed by atoms with Crippen LogP contribution >= 0.6 is 0 Å². The highest BCUT2D eigenvalue weighted by Crippen LogP contribution is 2.28. The van der Waals surface area contributed by atoms with E-state index in [1.54, 1.807) is 0 Å². The van der Waals surface area contributed by atoms with E-state index in [1.165, 1.54) is 57.1 Å². The average molecular weight is 676 g/mol. The summed E-state index contributed by atoms with van der Waals surface area (Å²) in [6, 6.07) is 3.44. The van der Waals surface area contributed by atoms with Crippen molar-refractivity contribution in [1.29, 1.82) is 0 Å². The van der Waals surface area contributed by atoms with Crippen molar-refractivity contribution in [2.24, 2.45) is 0 Å². The van der Waals surface area contributed by atoms with Gasteiger partial charge < -0.3 is 43.2 Å². The topological polar surface area (TPSA) is 172 Å². The van der Waals surface area contributed by atoms with Gasteiger partial charge >= 0.3 is 0 Å². The van der Waals surface area contributed by atoms with Crippen molar-refractivity contribution in [3.05, 3.63) is 38.4 Å². The smallest absolute Gasteiger partial charge is 0.299 e. The standard InChI is InChI=1S/C32H57N3O12/c1-2-3-4-5-6-7-8-9-13-40-15-17-42-19-21-44-23-25-46-27-28-47-26-24-45-22-20-43-18-16-41-14-12-33-31-11-10-30(34(36)37)29-32(31)35(38)39/h10-11,29,33H,2-9,12-28H2,1H3. The fourth-order valence-electron chi connectivity index (χ4n) is 4.17. The number of hydrogen-bond acceptors (Lipinski definition) is 13. The van der Waals surface area contributed by atoms with Crippen LogP contribution in [0.1, 0.15) is 58.3 Å². The lowest BCUT2D eigenvalue weighted by Gasteiger charge is -2.09. The quantitative estimate of drug-likeness (QED) is 0.0560. The van der Waals surface area contributed by atoms with Crippen LogP contribution < -0.4 is 5.32 Å². The van der Waals surface area contributed by atoms with E-state index in [-0.39, 0.29) is 23.7 Å². The second kappa shape index (κ2) is 32.1. The Morgan fingerprint density at radius 2 is 0.894 bits per heavy atom. The second-order valence-electron chi connectivity index (χ2n) is 10.5. The van der Waals surface area contributed by atoms with Gasteiger partial charge in [-0.15, -0.1) is 0 Å². The third-order valence-electron chi connectivity index (χ3n) is 6.70. The molecule has 0 bridgehead atoms. The maximum absolute atomic E-state index is 11.1. The molecule has 0 aliphatic heterocycles. The zero-order chi connectivity index (χ0) is 34.0. The van der Waals surface area contributed by atoms with Crippen molar-refractivity contribution >= 4 is 17.1 Å². The Morgan fingerprint density at radius 1 is 0.511 bits per heavy atom. The van der Waals surface area contributed by atoms with Crippen molar-refractivity contribution in [2.45, 2.75) is 58.3 Å². The van der Waals surface area contributed by atoms with Gasteiger partial charge in [0, 0.05) is 19.2 Å². The third kappa shape index (κ3) is 26.2. The fourth-order valence-corrected chi connectivity index (χ4v) is 4.17. The first-order valence-corrected chi connectivity index (χ1v) is 16.8. The van der Waals surface area contributed by atoms with E-state index in [9.17, 15) is 20.2 Å². The van der Waals surface area contributed by atoms with Gasteiger partial charge in [-0.1, -0.05) is 51.9 Å². The molecule has 1 aromatic rings. The highest BCUT2D eigenvalue weighted by Gasteiger charge is 2.19. The van der Waals surface area contributed by atoms with E-state index in [2.05, 4.69) is 12.2 Å². The number of rotatable bonds is 36. The second-order valence-corrected chi connectivity index (χ2v) is 10.5. The Hall–Kier alpha value is -2.50. The van der Waals surface area contributed by atoms with Crippen LogP contribution in [0, 0.1) is 20.2 Å². The van der Waals surface area contributed by atoms with Gasteiger partial charge in [-0.25, -0.2) is 0 Å². The van der Waals surface area contributed by atoms with Crippen molar-refractivity contribution < 1.29 is 47.7 Å². The highest BCUT2D eigenvalue weighted by molar-refractivity contribution is 5.65. The fraction of sp³-hybridized carbons (Fsp3) is 0.812. The molecule has 0 amide bonds. The van der Waals surface area contributed by atoms with Crippen LogP contribution in [-0.2, 0) is 37.9 Å². The molecule has 0 aromatic heterocycles. The van der Waals surface area contributed by atoms with E-state index in [0.717, 1.165) is 19.1 Å². The van der Waals surface area contributed by atoms with Crippen LogP contribution in [0.4, 0.5) is 17.1 Å². The summed E-state index contributed by atoms with van der Waals surface area (Å²) in [4.78, 5) is 20.6. The number of non-ortho nitro benzene ring substituents is 1. The number of nitrogens with zero attached hydrogens (tertiary/aromatic N) is 2. The van der Waals surface area contributed by atoms with Gasteiger partial charge in [-0.2, -0.15) is 0 Å². The molecule has 0 saturated heterocycles. The molecule has 1 N–H and O–H groups in total. The van der Waals surface area contributed by atoms with E-state index in [1.807, 2.05) is 0 Å². The molecule has 15 nitrogen and oxygen atoms in total. The molecule has 0 aliphatic carbocycles. The zero-order valence-corrected chi connectivity index (χ0v) is 28.2. The number of nitrogens with one attached hydrogen (secondary N) is 1. The lowest BCUT2D eigenvalue weighted by molar-refractivity contribution is -0.393. The molecule has 1 rings (SSSR count). The summed E-state index contributed by atoms with van der Waals surface area (Å²) < 4.78 is 43.9. The average Bonchev–Trinajstić information content (AvgIpc) is 3.06. The number of unbranched alkanes of at least 4 members (excludes halogenated alkanes) is 7. The van der Waals surface area contributed by atoms with E-state index in [0.29, 0.717) is 99.0 Å². The van der Waals surface area contributed by atoms with E-state index in [4.69, 9.17) is 37.9 Å². The molecule has 272 valence electrons. The maximum Gasteiger partial charge on any atom is 0.299 e. The number of ether oxygens (including phenoxy) is 8. The van der Waals surface area contributed by atoms with Crippen LogP contribution in [-0.4, -0.2) is 122 Å². The first-order valence-electron chi connectivity index (χ1n) is 16.8. The summed E-state index contributed by atoms with van der Waals surface area (Å²) >= 11 is 0. The lowest BCUT2D eigenvalue weighted by atomic mass is 10.1. The van der Waals surface area contributed by atoms with Gasteiger partial charge in [-0.3, -0.25) is 20.2 Å². The summed E-state index contributed by atoms with van der Waals surface area (Å²) in [6.45, 7) is 10.4. The van der Waals surface area contributed by atoms with Gasteiger partial charge in [0.1, 0.15) is 5.69 Å². The molecule has 15 heteroatoms. The summed E-state index contributed by atoms with van der Waals surface area (Å²) in [6.07, 6.45) is 10.4. The molecule has 47 heavy (non-hydrogen) atoms. The molecule has 0 heterocycles. The van der Waals surface area contributed by atoms with Crippen LogP contribution in [0.2, 0.25) is 0 Å². The predicted octanol–water partition coefficient (Wildman–Crippen LogP) is 5.19. The molecule has 0 aliphatic rings. The largest absolute Gasteiger partial charge is 0.379 e. The Morgan fingerprint density at radius 3 is 1.30 bits per heavy atom. The van der Waals surface area contributed by atoms with Gasteiger partial charge in [0.2, 0.25) is 0 Å². The minimum atomic E-state index is -0.677. The SMILES string of the molecule is CCCCCCCCCCOCCOCCOCCOCCOCCOCCOCCOCCNc1ccc([N+](=O)[O-])cc1[N+](=O)[O-]. The summed E-state index contributed by atoms with van der Waals surface area (Å²) in [5.74, 6) is 0. The summed E-state index contributed by atoms with van der Waals surface area (Å²) in [7, 11) is 0. The molecular weight excluding hydrogens is 618 g/mol. The van der Waals surface area contributed by atoms with Gasteiger partial charge in [0.15, 0.2) is 0 Å². The number of hydrogen-bond donors (Lipinski definition) is 1. The first-order chi connectivity index (χ1) is 23.1. The summed E-state index contributed by atoms with van der Waals surface area (Å²) in [5, 5.41) is 24.8. The lowest BCUT2D eigenvalue weighted by Crippen LogP contribution is -2.15. The van der Waals surface area contributed by atoms with Crippen molar-refractivity contribution in [1.82, 2.24) is 0 Å². The molecule has 0 fully saturated rings. The zero-order valence-electron chi connectivity index (χ0n) is 28.2. The Labute approximate surface area is 279 Å². The minimum Gasteiger partial charge on any atom is -0.379 e. The monoisotopic (exact) mass is 675 g/mol. The maximum atomic E-state index is 11.1. The molecule has 0 saturated carbocycles. The van der Waals surface area contributed by atoms with Crippen LogP contribution in [0.15, 0.2) is 18.2 Å². The summed E-state index contributed by atoms with van der Waals surface area (Å²) in [5.41, 5.74) is -0.509. The molecule has 0 unspecified atom stereocenters. The van der Waals surface area contributed by atoms with Gasteiger partial charge in [-0.05, 0) is 12.5 Å². The van der Waals surface area contributed by atoms with Gasteiger partial charge in [0.25, 0.3) is 11.4 Å². The van der Waals surface area contributed by atoms with Gasteiger partial charge in [0.05, 0.1) is 115 Å². The first kappa shape index (κ1) is 42.5. The van der Waals surface area contributed by atoms with E-state index >= 15 is 0 Å². The van der Waals surface area contributed by atoms with Crippen molar-refractivity contribution in [3.8, 4) is 0 Å². The van der Waals surface area contributed by atoms with Crippen LogP contribution in [0.3, 0.4) is 0 Å². The Kier molecular flexibility index (Phi) is 29.0. The molecule has 0 atom stereocenters. The number of anilines is 1. The number of nitro groups is 2. The number of nitro benzene ring substituents is 2. The molecular formula is C32H57N3O12. The molecule has 0 spiro atoms. The van der Waals surface area contributed by atoms with Crippen LogP contribution in [0.5, 0.6) is 0 Å². The highest BCUT2D eigenvalue weighted by atomic mass is 16.6. The van der Waals surface area contributed by atoms with Crippen LogP contribution in [0.25, 0.3) is 0 Å².